The van der Waals surface area contributed by atoms with Crippen molar-refractivity contribution >= 4 is 31.9 Å². The van der Waals surface area contributed by atoms with E-state index in [1.54, 1.807) is 0 Å². The van der Waals surface area contributed by atoms with Gasteiger partial charge in [-0.25, -0.2) is 18.2 Å². The third-order valence-corrected chi connectivity index (χ3v) is 4.67. The molecule has 0 unspecified atom stereocenters. The van der Waals surface area contributed by atoms with Crippen LogP contribution in [0.25, 0.3) is 0 Å². The van der Waals surface area contributed by atoms with Crippen LogP contribution >= 0.6 is 15.9 Å². The zero-order chi connectivity index (χ0) is 14.8. The van der Waals surface area contributed by atoms with Gasteiger partial charge in [-0.05, 0) is 22.0 Å². The fourth-order valence-electron chi connectivity index (χ4n) is 1.48. The first-order chi connectivity index (χ1) is 9.47. The highest BCUT2D eigenvalue weighted by Crippen LogP contribution is 2.35. The molecule has 108 valence electrons. The predicted molar refractivity (Wildman–Crippen MR) is 74.4 cm³/mol. The molecule has 0 bridgehead atoms. The lowest BCUT2D eigenvalue weighted by atomic mass is 10.3. The standard InChI is InChI=1S/C10H11BrN4O4S/c1-18-7-3-6(11)9(4-8(7)19-2)20(16,17)15-10-12-5-13-14-10/h3-5H,1-2H3,(H2,12,13,14,15). The normalized spacial score (nSPS) is 11.2. The smallest absolute Gasteiger partial charge is 0.265 e. The molecule has 2 aromatic rings. The Labute approximate surface area is 123 Å². The van der Waals surface area contributed by atoms with Gasteiger partial charge in [-0.3, -0.25) is 0 Å². The molecule has 1 aromatic carbocycles. The largest absolute Gasteiger partial charge is 0.493 e. The van der Waals surface area contributed by atoms with E-state index in [9.17, 15) is 8.42 Å². The van der Waals surface area contributed by atoms with Gasteiger partial charge in [-0.1, -0.05) is 0 Å². The molecular formula is C10H11BrN4O4S. The van der Waals surface area contributed by atoms with Crippen molar-refractivity contribution < 1.29 is 17.9 Å². The number of anilines is 1. The van der Waals surface area contributed by atoms with Crippen LogP contribution in [-0.4, -0.2) is 37.8 Å². The van der Waals surface area contributed by atoms with Crippen LogP contribution in [0.15, 0.2) is 27.8 Å². The van der Waals surface area contributed by atoms with E-state index in [-0.39, 0.29) is 10.8 Å². The van der Waals surface area contributed by atoms with E-state index in [0.29, 0.717) is 16.0 Å². The lowest BCUT2D eigenvalue weighted by Gasteiger charge is -2.12. The monoisotopic (exact) mass is 362 g/mol. The van der Waals surface area contributed by atoms with Crippen molar-refractivity contribution in [3.8, 4) is 11.5 Å². The Bertz CT molecular complexity index is 702. The number of nitrogens with zero attached hydrogens (tertiary/aromatic N) is 2. The van der Waals surface area contributed by atoms with E-state index in [1.807, 2.05) is 0 Å². The minimum absolute atomic E-state index is 0.00782. The van der Waals surface area contributed by atoms with Crippen LogP contribution in [0.1, 0.15) is 0 Å². The maximum Gasteiger partial charge on any atom is 0.265 e. The molecule has 0 aliphatic heterocycles. The maximum absolute atomic E-state index is 12.3. The van der Waals surface area contributed by atoms with Crippen LogP contribution in [0.2, 0.25) is 0 Å². The summed E-state index contributed by atoms with van der Waals surface area (Å²) < 4.78 is 37.3. The van der Waals surface area contributed by atoms with Crippen LogP contribution < -0.4 is 14.2 Å². The van der Waals surface area contributed by atoms with Gasteiger partial charge in [-0.2, -0.15) is 10.1 Å². The highest BCUT2D eigenvalue weighted by Gasteiger charge is 2.22. The molecule has 1 heterocycles. The Morgan fingerprint density at radius 1 is 1.25 bits per heavy atom. The summed E-state index contributed by atoms with van der Waals surface area (Å²) in [5.74, 6) is 0.735. The Morgan fingerprint density at radius 3 is 2.45 bits per heavy atom. The summed E-state index contributed by atoms with van der Waals surface area (Å²) in [5.41, 5.74) is 0. The molecule has 0 saturated heterocycles. The lowest BCUT2D eigenvalue weighted by molar-refractivity contribution is 0.353. The van der Waals surface area contributed by atoms with Crippen LogP contribution in [0, 0.1) is 0 Å². The summed E-state index contributed by atoms with van der Waals surface area (Å²) in [6.45, 7) is 0. The summed E-state index contributed by atoms with van der Waals surface area (Å²) in [7, 11) is -0.951. The number of halogens is 1. The average Bonchev–Trinajstić information content (AvgIpc) is 2.90. The number of hydrogen-bond donors (Lipinski definition) is 2. The van der Waals surface area contributed by atoms with E-state index < -0.39 is 10.0 Å². The van der Waals surface area contributed by atoms with Crippen molar-refractivity contribution in [2.45, 2.75) is 4.90 Å². The van der Waals surface area contributed by atoms with E-state index in [1.165, 1.54) is 32.7 Å². The molecule has 0 fully saturated rings. The number of hydrogen-bond acceptors (Lipinski definition) is 6. The summed E-state index contributed by atoms with van der Waals surface area (Å²) in [5, 5.41) is 5.98. The van der Waals surface area contributed by atoms with Crippen molar-refractivity contribution in [2.75, 3.05) is 18.9 Å². The Morgan fingerprint density at radius 2 is 1.90 bits per heavy atom. The molecule has 0 spiro atoms. The molecular weight excluding hydrogens is 352 g/mol. The van der Waals surface area contributed by atoms with E-state index in [2.05, 4.69) is 35.8 Å². The van der Waals surface area contributed by atoms with E-state index in [0.717, 1.165) is 0 Å². The van der Waals surface area contributed by atoms with Gasteiger partial charge in [0, 0.05) is 10.5 Å². The molecule has 0 aliphatic carbocycles. The predicted octanol–water partition coefficient (Wildman–Crippen LogP) is 1.39. The van der Waals surface area contributed by atoms with E-state index >= 15 is 0 Å². The quantitative estimate of drug-likeness (QED) is 0.832. The SMILES string of the molecule is COc1cc(Br)c(S(=O)(=O)Nc2ncn[nH]2)cc1OC. The molecule has 0 atom stereocenters. The summed E-state index contributed by atoms with van der Waals surface area (Å²) >= 11 is 3.19. The van der Waals surface area contributed by atoms with Gasteiger partial charge in [0.2, 0.25) is 5.95 Å². The molecule has 0 saturated carbocycles. The first kappa shape index (κ1) is 14.6. The first-order valence-electron chi connectivity index (χ1n) is 5.27. The molecule has 10 heteroatoms. The fraction of sp³-hybridized carbons (Fsp3) is 0.200. The number of benzene rings is 1. The zero-order valence-corrected chi connectivity index (χ0v) is 12.9. The number of rotatable bonds is 5. The Kier molecular flexibility index (Phi) is 4.14. The van der Waals surface area contributed by atoms with Crippen LogP contribution in [-0.2, 0) is 10.0 Å². The number of aromatic nitrogens is 3. The van der Waals surface area contributed by atoms with Crippen LogP contribution in [0.3, 0.4) is 0 Å². The van der Waals surface area contributed by atoms with Gasteiger partial charge in [0.05, 0.1) is 14.2 Å². The average molecular weight is 363 g/mol. The van der Waals surface area contributed by atoms with Gasteiger partial charge < -0.3 is 9.47 Å². The van der Waals surface area contributed by atoms with Crippen molar-refractivity contribution in [1.29, 1.82) is 0 Å². The molecule has 1 aromatic heterocycles. The molecule has 2 rings (SSSR count). The zero-order valence-electron chi connectivity index (χ0n) is 10.5. The second-order valence-electron chi connectivity index (χ2n) is 3.58. The maximum atomic E-state index is 12.3. The molecule has 8 nitrogen and oxygen atoms in total. The van der Waals surface area contributed by atoms with Gasteiger partial charge in [0.15, 0.2) is 11.5 Å². The van der Waals surface area contributed by atoms with Crippen LogP contribution in [0.4, 0.5) is 5.95 Å². The van der Waals surface area contributed by atoms with Crippen molar-refractivity contribution in [3.63, 3.8) is 0 Å². The first-order valence-corrected chi connectivity index (χ1v) is 7.55. The highest BCUT2D eigenvalue weighted by atomic mass is 79.9. The third-order valence-electron chi connectivity index (χ3n) is 2.37. The van der Waals surface area contributed by atoms with Gasteiger partial charge in [0.25, 0.3) is 10.0 Å². The van der Waals surface area contributed by atoms with Crippen molar-refractivity contribution in [3.05, 3.63) is 22.9 Å². The number of aromatic amines is 1. The molecule has 20 heavy (non-hydrogen) atoms. The second-order valence-corrected chi connectivity index (χ2v) is 6.08. The molecule has 2 N–H and O–H groups in total. The Balaban J connectivity index is 2.46. The summed E-state index contributed by atoms with van der Waals surface area (Å²) in [6, 6.07) is 2.86. The van der Waals surface area contributed by atoms with Gasteiger partial charge in [-0.15, -0.1) is 0 Å². The van der Waals surface area contributed by atoms with Crippen LogP contribution in [0.5, 0.6) is 11.5 Å². The molecule has 0 radical (unpaired) electrons. The third kappa shape index (κ3) is 2.85. The summed E-state index contributed by atoms with van der Waals surface area (Å²) in [4.78, 5) is 3.70. The van der Waals surface area contributed by atoms with Gasteiger partial charge in [0.1, 0.15) is 11.2 Å². The minimum atomic E-state index is -3.84. The number of ether oxygens (including phenoxy) is 2. The topological polar surface area (TPSA) is 106 Å². The van der Waals surface area contributed by atoms with Crippen molar-refractivity contribution in [1.82, 2.24) is 15.2 Å². The number of H-pyrrole nitrogens is 1. The lowest BCUT2D eigenvalue weighted by Crippen LogP contribution is -2.15. The molecule has 0 aliphatic rings. The number of methoxy groups -OCH3 is 2. The highest BCUT2D eigenvalue weighted by molar-refractivity contribution is 9.10. The summed E-state index contributed by atoms with van der Waals surface area (Å²) in [6.07, 6.45) is 1.20. The minimum Gasteiger partial charge on any atom is -0.493 e. The number of sulfonamides is 1. The fourth-order valence-corrected chi connectivity index (χ4v) is 3.48. The molecule has 0 amide bonds. The Hall–Kier alpha value is -1.81. The van der Waals surface area contributed by atoms with Gasteiger partial charge >= 0.3 is 0 Å². The van der Waals surface area contributed by atoms with Crippen molar-refractivity contribution in [2.24, 2.45) is 0 Å². The second kappa shape index (κ2) is 5.67. The van der Waals surface area contributed by atoms with E-state index in [4.69, 9.17) is 9.47 Å². The number of nitrogens with one attached hydrogen (secondary N) is 2.